The summed E-state index contributed by atoms with van der Waals surface area (Å²) in [5, 5.41) is 9.63. The predicted octanol–water partition coefficient (Wildman–Crippen LogP) is 4.51. The van der Waals surface area contributed by atoms with Crippen LogP contribution in [0.2, 0.25) is 0 Å². The van der Waals surface area contributed by atoms with Crippen molar-refractivity contribution in [2.45, 2.75) is 52.4 Å². The minimum Gasteiger partial charge on any atom is -0.198 e. The van der Waals surface area contributed by atoms with Gasteiger partial charge in [0.05, 0.1) is 11.5 Å². The molecule has 0 heterocycles. The minimum atomic E-state index is -0.108. The van der Waals surface area contributed by atoms with Crippen LogP contribution in [0.3, 0.4) is 0 Å². The van der Waals surface area contributed by atoms with Crippen LogP contribution in [0.15, 0.2) is 24.3 Å². The lowest BCUT2D eigenvalue weighted by Gasteiger charge is -2.34. The second-order valence-corrected chi connectivity index (χ2v) is 5.94. The van der Waals surface area contributed by atoms with Gasteiger partial charge in [-0.15, -0.1) is 0 Å². The Bertz CT molecular complexity index is 443. The lowest BCUT2D eigenvalue weighted by Crippen LogP contribution is -2.29. The summed E-state index contributed by atoms with van der Waals surface area (Å²) in [6.45, 7) is 4.52. The molecule has 18 heavy (non-hydrogen) atoms. The summed E-state index contributed by atoms with van der Waals surface area (Å²) >= 11 is 0. The molecule has 1 heteroatoms. The van der Waals surface area contributed by atoms with Crippen molar-refractivity contribution in [3.63, 3.8) is 0 Å². The molecule has 0 radical (unpaired) electrons. The molecule has 1 nitrogen and oxygen atoms in total. The number of nitriles is 1. The third-order valence-corrected chi connectivity index (χ3v) is 4.28. The van der Waals surface area contributed by atoms with Crippen molar-refractivity contribution in [1.29, 1.82) is 5.26 Å². The standard InChI is InChI=1S/C17H23N/c1-3-6-14(2)11-17(13-18)10-9-15-7-4-5-8-16(15)12-17/h4-5,7-8,14H,3,6,9-12H2,1-2H3. The first kappa shape index (κ1) is 13.1. The van der Waals surface area contributed by atoms with Crippen molar-refractivity contribution in [1.82, 2.24) is 0 Å². The zero-order valence-electron chi connectivity index (χ0n) is 11.6. The summed E-state index contributed by atoms with van der Waals surface area (Å²) in [4.78, 5) is 0. The highest BCUT2D eigenvalue weighted by atomic mass is 14.4. The number of fused-ring (bicyclic) bond motifs is 1. The van der Waals surface area contributed by atoms with E-state index in [9.17, 15) is 5.26 Å². The first-order valence-electron chi connectivity index (χ1n) is 7.17. The Hall–Kier alpha value is -1.29. The van der Waals surface area contributed by atoms with E-state index in [4.69, 9.17) is 0 Å². The van der Waals surface area contributed by atoms with E-state index in [1.807, 2.05) is 0 Å². The number of nitrogens with zero attached hydrogens (tertiary/aromatic N) is 1. The van der Waals surface area contributed by atoms with Crippen LogP contribution < -0.4 is 0 Å². The van der Waals surface area contributed by atoms with Gasteiger partial charge in [0, 0.05) is 0 Å². The first-order chi connectivity index (χ1) is 8.69. The molecule has 2 rings (SSSR count). The van der Waals surface area contributed by atoms with Crippen LogP contribution >= 0.6 is 0 Å². The van der Waals surface area contributed by atoms with Crippen LogP contribution in [0.4, 0.5) is 0 Å². The Kier molecular flexibility index (Phi) is 4.07. The van der Waals surface area contributed by atoms with Crippen molar-refractivity contribution in [2.75, 3.05) is 0 Å². The smallest absolute Gasteiger partial charge is 0.0693 e. The minimum absolute atomic E-state index is 0.108. The molecule has 0 aliphatic heterocycles. The highest BCUT2D eigenvalue weighted by Gasteiger charge is 2.35. The number of hydrogen-bond acceptors (Lipinski definition) is 1. The molecule has 0 bridgehead atoms. The average molecular weight is 241 g/mol. The lowest BCUT2D eigenvalue weighted by molar-refractivity contribution is 0.258. The van der Waals surface area contributed by atoms with Gasteiger partial charge >= 0.3 is 0 Å². The van der Waals surface area contributed by atoms with E-state index in [-0.39, 0.29) is 5.41 Å². The molecular weight excluding hydrogens is 218 g/mol. The molecule has 0 aromatic heterocycles. The largest absolute Gasteiger partial charge is 0.198 e. The van der Waals surface area contributed by atoms with Crippen LogP contribution in [-0.4, -0.2) is 0 Å². The van der Waals surface area contributed by atoms with Crippen molar-refractivity contribution < 1.29 is 0 Å². The molecular formula is C17H23N. The second-order valence-electron chi connectivity index (χ2n) is 5.94. The van der Waals surface area contributed by atoms with E-state index in [0.29, 0.717) is 5.92 Å². The van der Waals surface area contributed by atoms with Gasteiger partial charge in [0.1, 0.15) is 0 Å². The summed E-state index contributed by atoms with van der Waals surface area (Å²) in [5.74, 6) is 0.667. The molecule has 1 aliphatic carbocycles. The van der Waals surface area contributed by atoms with Crippen LogP contribution in [0.25, 0.3) is 0 Å². The molecule has 1 aliphatic rings. The van der Waals surface area contributed by atoms with Gasteiger partial charge in [-0.2, -0.15) is 5.26 Å². The number of aryl methyl sites for hydroxylation is 1. The zero-order valence-corrected chi connectivity index (χ0v) is 11.6. The van der Waals surface area contributed by atoms with Crippen LogP contribution in [-0.2, 0) is 12.8 Å². The van der Waals surface area contributed by atoms with Crippen molar-refractivity contribution in [2.24, 2.45) is 11.3 Å². The summed E-state index contributed by atoms with van der Waals surface area (Å²) in [6.07, 6.45) is 6.58. The van der Waals surface area contributed by atoms with Gasteiger partial charge < -0.3 is 0 Å². The SMILES string of the molecule is CCCC(C)CC1(C#N)CCc2ccccc2C1. The Morgan fingerprint density at radius 1 is 1.33 bits per heavy atom. The number of rotatable bonds is 4. The van der Waals surface area contributed by atoms with Crippen molar-refractivity contribution in [3.05, 3.63) is 35.4 Å². The number of benzene rings is 1. The fourth-order valence-electron chi connectivity index (χ4n) is 3.38. The fraction of sp³-hybridized carbons (Fsp3) is 0.588. The molecule has 1 aromatic rings. The van der Waals surface area contributed by atoms with Gasteiger partial charge in [-0.25, -0.2) is 0 Å². The van der Waals surface area contributed by atoms with E-state index in [0.717, 1.165) is 25.7 Å². The van der Waals surface area contributed by atoms with E-state index < -0.39 is 0 Å². The van der Waals surface area contributed by atoms with Crippen LogP contribution in [0.1, 0.15) is 50.7 Å². The maximum Gasteiger partial charge on any atom is 0.0693 e. The second kappa shape index (κ2) is 5.57. The summed E-state index contributed by atoms with van der Waals surface area (Å²) in [5.41, 5.74) is 2.74. The third kappa shape index (κ3) is 2.75. The molecule has 1 aromatic carbocycles. The normalized spacial score (nSPS) is 24.1. The van der Waals surface area contributed by atoms with E-state index in [1.165, 1.54) is 24.0 Å². The molecule has 2 atom stereocenters. The van der Waals surface area contributed by atoms with E-state index >= 15 is 0 Å². The van der Waals surface area contributed by atoms with Crippen LogP contribution in [0.5, 0.6) is 0 Å². The van der Waals surface area contributed by atoms with E-state index in [1.54, 1.807) is 0 Å². The van der Waals surface area contributed by atoms with Gasteiger partial charge in [-0.1, -0.05) is 51.0 Å². The number of hydrogen-bond donors (Lipinski definition) is 0. The monoisotopic (exact) mass is 241 g/mol. The molecule has 0 fully saturated rings. The topological polar surface area (TPSA) is 23.8 Å². The highest BCUT2D eigenvalue weighted by molar-refractivity contribution is 5.32. The molecule has 96 valence electrons. The average Bonchev–Trinajstić information content (AvgIpc) is 2.39. The first-order valence-corrected chi connectivity index (χ1v) is 7.17. The highest BCUT2D eigenvalue weighted by Crippen LogP contribution is 2.40. The third-order valence-electron chi connectivity index (χ3n) is 4.28. The summed E-state index contributed by atoms with van der Waals surface area (Å²) in [7, 11) is 0. The van der Waals surface area contributed by atoms with Gasteiger partial charge in [0.2, 0.25) is 0 Å². The Morgan fingerprint density at radius 3 is 2.72 bits per heavy atom. The molecule has 0 spiro atoms. The Morgan fingerprint density at radius 2 is 2.06 bits per heavy atom. The Balaban J connectivity index is 2.14. The molecule has 2 unspecified atom stereocenters. The predicted molar refractivity (Wildman–Crippen MR) is 75.2 cm³/mol. The Labute approximate surface area is 111 Å². The zero-order chi connectivity index (χ0) is 13.0. The van der Waals surface area contributed by atoms with Crippen LogP contribution in [0, 0.1) is 22.7 Å². The summed E-state index contributed by atoms with van der Waals surface area (Å²) < 4.78 is 0. The van der Waals surface area contributed by atoms with Gasteiger partial charge in [-0.05, 0) is 42.7 Å². The maximum atomic E-state index is 9.63. The quantitative estimate of drug-likeness (QED) is 0.760. The fourth-order valence-corrected chi connectivity index (χ4v) is 3.38. The molecule has 0 amide bonds. The van der Waals surface area contributed by atoms with Crippen molar-refractivity contribution >= 4 is 0 Å². The maximum absolute atomic E-state index is 9.63. The van der Waals surface area contributed by atoms with E-state index in [2.05, 4.69) is 44.2 Å². The van der Waals surface area contributed by atoms with Gasteiger partial charge in [0.25, 0.3) is 0 Å². The van der Waals surface area contributed by atoms with Gasteiger partial charge in [-0.3, -0.25) is 0 Å². The van der Waals surface area contributed by atoms with Gasteiger partial charge in [0.15, 0.2) is 0 Å². The molecule has 0 saturated heterocycles. The van der Waals surface area contributed by atoms with Crippen molar-refractivity contribution in [3.8, 4) is 6.07 Å². The lowest BCUT2D eigenvalue weighted by atomic mass is 9.68. The summed E-state index contributed by atoms with van der Waals surface area (Å²) in [6, 6.07) is 11.3. The molecule has 0 saturated carbocycles. The molecule has 0 N–H and O–H groups in total.